The van der Waals surface area contributed by atoms with Crippen LogP contribution >= 0.6 is 0 Å². The third kappa shape index (κ3) is 26.5. The summed E-state index contributed by atoms with van der Waals surface area (Å²) in [7, 11) is -11.6. The van der Waals surface area contributed by atoms with Crippen LogP contribution in [0.4, 0.5) is 0 Å². The van der Waals surface area contributed by atoms with Gasteiger partial charge in [-0.1, -0.05) is 137 Å². The van der Waals surface area contributed by atoms with E-state index in [9.17, 15) is 37.8 Å². The van der Waals surface area contributed by atoms with Crippen LogP contribution in [0.2, 0.25) is 30.2 Å². The summed E-state index contributed by atoms with van der Waals surface area (Å²) in [5.41, 5.74) is 0. The zero-order chi connectivity index (χ0) is 66.4. The van der Waals surface area contributed by atoms with Crippen molar-refractivity contribution in [3.63, 3.8) is 0 Å². The number of ether oxygens (including phenoxy) is 4. The first-order chi connectivity index (χ1) is 38.6. The maximum atomic E-state index is 12.0. The van der Waals surface area contributed by atoms with Gasteiger partial charge in [0, 0.05) is 49.7 Å². The molecule has 0 unspecified atom stereocenters. The van der Waals surface area contributed by atoms with Gasteiger partial charge in [-0.2, -0.15) is 8.42 Å². The van der Waals surface area contributed by atoms with Gasteiger partial charge in [0.2, 0.25) is 0 Å². The maximum absolute atomic E-state index is 12.0. The molecule has 3 heterocycles. The summed E-state index contributed by atoms with van der Waals surface area (Å²) in [5.74, 6) is -1.18. The minimum atomic E-state index is -3.50. The molecule has 3 saturated heterocycles. The Morgan fingerprint density at radius 2 is 0.824 bits per heavy atom. The van der Waals surface area contributed by atoms with E-state index in [2.05, 4.69) is 143 Å². The largest absolute Gasteiger partial charge is 0.466 e. The Labute approximate surface area is 516 Å². The zero-order valence-corrected chi connectivity index (χ0v) is 60.5. The van der Waals surface area contributed by atoms with Crippen molar-refractivity contribution in [2.45, 2.75) is 296 Å². The highest BCUT2D eigenvalue weighted by molar-refractivity contribution is 7.86. The molecule has 3 N–H and O–H groups in total. The van der Waals surface area contributed by atoms with Gasteiger partial charge in [-0.15, -0.1) is 13.2 Å². The predicted octanol–water partition coefficient (Wildman–Crippen LogP) is 11.6. The summed E-state index contributed by atoms with van der Waals surface area (Å²) in [5, 5.41) is 26.6. The van der Waals surface area contributed by atoms with E-state index in [0.29, 0.717) is 58.5 Å². The molecule has 85 heavy (non-hydrogen) atoms. The van der Waals surface area contributed by atoms with Crippen LogP contribution in [-0.4, -0.2) is 168 Å². The molecule has 0 aromatic heterocycles. The average Bonchev–Trinajstić information content (AvgIpc) is 0.897. The van der Waals surface area contributed by atoms with E-state index < -0.39 is 54.0 Å². The summed E-state index contributed by atoms with van der Waals surface area (Å²) < 4.78 is 86.5. The normalized spacial score (nSPS) is 23.3. The fourth-order valence-corrected chi connectivity index (χ4v) is 27.0. The topological polar surface area (TPSA) is 265 Å². The highest BCUT2D eigenvalue weighted by atomic mass is 32.2. The van der Waals surface area contributed by atoms with E-state index in [1.165, 1.54) is 6.08 Å². The number of esters is 4. The van der Waals surface area contributed by atoms with Crippen molar-refractivity contribution >= 4 is 59.7 Å². The summed E-state index contributed by atoms with van der Waals surface area (Å²) in [6.45, 7) is 54.3. The second-order valence-corrected chi connectivity index (χ2v) is 44.0. The van der Waals surface area contributed by atoms with E-state index >= 15 is 0 Å². The van der Waals surface area contributed by atoms with E-state index in [1.54, 1.807) is 20.8 Å². The number of hydrogen-bond donors (Lipinski definition) is 3. The lowest BCUT2D eigenvalue weighted by Crippen LogP contribution is -2.63. The monoisotopic (exact) mass is 1290 g/mol. The van der Waals surface area contributed by atoms with Crippen LogP contribution < -0.4 is 0 Å². The van der Waals surface area contributed by atoms with Crippen molar-refractivity contribution in [3.05, 3.63) is 25.3 Å². The van der Waals surface area contributed by atoms with Crippen molar-refractivity contribution in [2.24, 2.45) is 0 Å². The standard InChI is InChI=1S/C18H36O7SSi.C17H34O5Si.C17H32O4Si.C9H16O4/c1-9-22-16(19)13-15-12-14(10-11-23-26(8,20)21)24-27(25-15,17(2,3)4)18(5,6)7;1-8-20-15(19)12-14-11-13(9-10-18)21-23(22-14,16(2,3)4)17(5,6)7;1-9-13-11-14(12-15(18)19-10-2)21-22(20-13,16(3,4)5)17(6,7)8;1-3-7(10)5-8(11)6-9(12)13-4-2/h14-15H,9-13H2,1-8H3;13-14,18H,8-12H2,1-7H3;9,13-14H,1,10-12H2,2-8H3;3,7-8,10-11H,1,4-6H2,2H3/t14-,15-;2*13-,14-;7-,8-/m0000/s1. The number of rotatable bonds is 22. The predicted molar refractivity (Wildman–Crippen MR) is 338 cm³/mol. The summed E-state index contributed by atoms with van der Waals surface area (Å²) in [4.78, 5) is 46.6. The van der Waals surface area contributed by atoms with Crippen LogP contribution in [0.15, 0.2) is 25.3 Å². The SMILES string of the molecule is C=C[C@H](O)C[C@H](O)CC(=O)OCC.C=C[C@H]1C[C@@H](CC(=O)OCC)O[Si](C(C)(C)C)(C(C)(C)C)O1.CCOC(=O)C[C@@H]1C[C@H](CCO)O[Si](C(C)(C)C)(C(C)(C)C)O1.CCOC(=O)C[C@@H]1C[C@H](CCOS(C)(=O)=O)O[Si](C(C)(C)C)(C(C)(C)C)O1. The molecule has 3 aliphatic rings. The zero-order valence-electron chi connectivity index (χ0n) is 56.7. The molecule has 0 bridgehead atoms. The molecule has 0 radical (unpaired) electrons. The van der Waals surface area contributed by atoms with Crippen LogP contribution in [-0.2, 0) is 79.0 Å². The van der Waals surface area contributed by atoms with Crippen LogP contribution in [0.1, 0.15) is 217 Å². The molecule has 0 saturated carbocycles. The lowest BCUT2D eigenvalue weighted by Gasteiger charge is -2.55. The van der Waals surface area contributed by atoms with Gasteiger partial charge in [0.05, 0.1) is 114 Å². The summed E-state index contributed by atoms with van der Waals surface area (Å²) in [6.07, 6.45) is 5.00. The van der Waals surface area contributed by atoms with Crippen molar-refractivity contribution < 1.29 is 92.6 Å². The molecular formula is C61H118O20SSi3. The smallest absolute Gasteiger partial charge is 0.350 e. The van der Waals surface area contributed by atoms with Crippen LogP contribution in [0.5, 0.6) is 0 Å². The first-order valence-corrected chi connectivity index (χ1v) is 37.7. The van der Waals surface area contributed by atoms with Crippen molar-refractivity contribution in [3.8, 4) is 0 Å². The molecular weight excluding hydrogens is 1170 g/mol. The second-order valence-electron chi connectivity index (χ2n) is 28.2. The van der Waals surface area contributed by atoms with Gasteiger partial charge in [-0.05, 0) is 53.4 Å². The Morgan fingerprint density at radius 1 is 0.518 bits per heavy atom. The highest BCUT2D eigenvalue weighted by Gasteiger charge is 2.64. The van der Waals surface area contributed by atoms with Crippen LogP contribution in [0.3, 0.4) is 0 Å². The quantitative estimate of drug-likeness (QED) is 0.0299. The number of aliphatic hydroxyl groups excluding tert-OH is 3. The van der Waals surface area contributed by atoms with E-state index in [1.807, 2.05) is 13.0 Å². The summed E-state index contributed by atoms with van der Waals surface area (Å²) >= 11 is 0. The van der Waals surface area contributed by atoms with Crippen molar-refractivity contribution in [1.29, 1.82) is 0 Å². The molecule has 0 aromatic rings. The maximum Gasteiger partial charge on any atom is 0.350 e. The number of aliphatic hydroxyl groups is 3. The average molecular weight is 1290 g/mol. The van der Waals surface area contributed by atoms with Crippen molar-refractivity contribution in [2.75, 3.05) is 45.9 Å². The first kappa shape index (κ1) is 82.6. The van der Waals surface area contributed by atoms with Gasteiger partial charge in [0.25, 0.3) is 10.1 Å². The Hall–Kier alpha value is -2.44. The van der Waals surface area contributed by atoms with Crippen LogP contribution in [0.25, 0.3) is 0 Å². The number of carbonyl (C=O) groups excluding carboxylic acids is 4. The van der Waals surface area contributed by atoms with Gasteiger partial charge in [0.1, 0.15) is 0 Å². The van der Waals surface area contributed by atoms with Gasteiger partial charge in [0.15, 0.2) is 0 Å². The molecule has 0 spiro atoms. The molecule has 24 heteroatoms. The summed E-state index contributed by atoms with van der Waals surface area (Å²) in [6, 6.07) is 0. The molecule has 3 aliphatic heterocycles. The van der Waals surface area contributed by atoms with Gasteiger partial charge >= 0.3 is 49.6 Å². The molecule has 0 aliphatic carbocycles. The molecule has 20 nitrogen and oxygen atoms in total. The minimum absolute atomic E-state index is 0.0500. The van der Waals surface area contributed by atoms with Gasteiger partial charge in [-0.3, -0.25) is 23.4 Å². The third-order valence-corrected chi connectivity index (χ3v) is 30.9. The highest BCUT2D eigenvalue weighted by Crippen LogP contribution is 2.58. The lowest BCUT2D eigenvalue weighted by molar-refractivity contribution is -0.148. The fourth-order valence-electron chi connectivity index (χ4n) is 11.5. The third-order valence-electron chi connectivity index (χ3n) is 14.5. The fraction of sp³-hybridized carbons (Fsp3) is 0.869. The Bertz CT molecular complexity index is 2110. The van der Waals surface area contributed by atoms with Crippen molar-refractivity contribution in [1.82, 2.24) is 0 Å². The molecule has 3 fully saturated rings. The molecule has 500 valence electrons. The Morgan fingerprint density at radius 3 is 1.12 bits per heavy atom. The Balaban J connectivity index is 0.00000114. The lowest BCUT2D eigenvalue weighted by atomic mass is 10.1. The first-order valence-electron chi connectivity index (χ1n) is 30.4. The molecule has 0 aromatic carbocycles. The van der Waals surface area contributed by atoms with E-state index in [0.717, 1.165) is 6.26 Å². The molecule has 3 rings (SSSR count). The second kappa shape index (κ2) is 35.2. The van der Waals surface area contributed by atoms with E-state index in [4.69, 9.17) is 50.1 Å². The minimum Gasteiger partial charge on any atom is -0.466 e. The van der Waals surface area contributed by atoms with E-state index in [-0.39, 0.29) is 130 Å². The molecule has 8 atom stereocenters. The number of carbonyl (C=O) groups is 4. The van der Waals surface area contributed by atoms with Gasteiger partial charge in [-0.25, -0.2) is 0 Å². The number of hydrogen-bond acceptors (Lipinski definition) is 20. The Kier molecular flexibility index (Phi) is 34.2. The van der Waals surface area contributed by atoms with Crippen LogP contribution in [0, 0.1) is 0 Å². The van der Waals surface area contributed by atoms with Gasteiger partial charge < -0.3 is 60.8 Å². The molecule has 0 amide bonds.